The largest absolute Gasteiger partial charge is 0.493 e. The number of ether oxygens (including phenoxy) is 4. The summed E-state index contributed by atoms with van der Waals surface area (Å²) < 4.78 is 20.6. The third-order valence-corrected chi connectivity index (χ3v) is 3.71. The zero-order chi connectivity index (χ0) is 20.2. The summed E-state index contributed by atoms with van der Waals surface area (Å²) in [4.78, 5) is 23.4. The molecule has 6 nitrogen and oxygen atoms in total. The van der Waals surface area contributed by atoms with Gasteiger partial charge >= 0.3 is 11.9 Å². The second-order valence-electron chi connectivity index (χ2n) is 5.57. The van der Waals surface area contributed by atoms with Crippen molar-refractivity contribution in [3.8, 4) is 11.5 Å². The van der Waals surface area contributed by atoms with E-state index in [1.54, 1.807) is 53.2 Å². The minimum absolute atomic E-state index is 0.0203. The summed E-state index contributed by atoms with van der Waals surface area (Å²) in [6.45, 7) is 5.17. The van der Waals surface area contributed by atoms with Crippen LogP contribution in [0.1, 0.15) is 26.3 Å². The number of hydrogen-bond donors (Lipinski definition) is 0. The highest BCUT2D eigenvalue weighted by atomic mass is 16.5. The van der Waals surface area contributed by atoms with Crippen LogP contribution in [0.4, 0.5) is 0 Å². The van der Waals surface area contributed by atoms with Gasteiger partial charge in [-0.3, -0.25) is 0 Å². The molecule has 0 aliphatic heterocycles. The molecule has 0 aliphatic carbocycles. The number of benzene rings is 1. The molecule has 0 amide bonds. The summed E-state index contributed by atoms with van der Waals surface area (Å²) in [5.74, 6) is 0.392. The monoisotopic (exact) mass is 374 g/mol. The molecular formula is C21H26O6. The zero-order valence-corrected chi connectivity index (χ0v) is 16.4. The Hall–Kier alpha value is -3.02. The van der Waals surface area contributed by atoms with Crippen LogP contribution in [-0.4, -0.2) is 39.4 Å². The van der Waals surface area contributed by atoms with E-state index in [2.05, 4.69) is 0 Å². The second-order valence-corrected chi connectivity index (χ2v) is 5.57. The average molecular weight is 374 g/mol. The summed E-state index contributed by atoms with van der Waals surface area (Å²) in [5, 5.41) is 0. The summed E-state index contributed by atoms with van der Waals surface area (Å²) in [5.41, 5.74) is 1.78. The van der Waals surface area contributed by atoms with Gasteiger partial charge in [-0.2, -0.15) is 0 Å². The molecule has 6 heteroatoms. The lowest BCUT2D eigenvalue weighted by Gasteiger charge is -2.07. The van der Waals surface area contributed by atoms with Crippen molar-refractivity contribution in [2.24, 2.45) is 0 Å². The van der Waals surface area contributed by atoms with E-state index in [1.165, 1.54) is 6.08 Å². The molecule has 0 aliphatic rings. The van der Waals surface area contributed by atoms with Crippen LogP contribution in [0.5, 0.6) is 11.5 Å². The molecule has 0 saturated heterocycles. The van der Waals surface area contributed by atoms with Crippen LogP contribution >= 0.6 is 0 Å². The van der Waals surface area contributed by atoms with Crippen LogP contribution in [0.25, 0.3) is 6.08 Å². The van der Waals surface area contributed by atoms with Gasteiger partial charge in [0.1, 0.15) is 13.2 Å². The molecule has 0 saturated carbocycles. The molecule has 0 atom stereocenters. The lowest BCUT2D eigenvalue weighted by atomic mass is 10.2. The molecule has 0 aromatic heterocycles. The highest BCUT2D eigenvalue weighted by Gasteiger charge is 2.07. The molecule has 1 rings (SSSR count). The summed E-state index contributed by atoms with van der Waals surface area (Å²) in [6.07, 6.45) is 6.72. The predicted octanol–water partition coefficient (Wildman–Crippen LogP) is 3.72. The molecule has 146 valence electrons. The fourth-order valence-electron chi connectivity index (χ4n) is 1.94. The Morgan fingerprint density at radius 1 is 0.926 bits per heavy atom. The van der Waals surface area contributed by atoms with Gasteiger partial charge in [0, 0.05) is 11.1 Å². The lowest BCUT2D eigenvalue weighted by molar-refractivity contribution is -0.139. The molecule has 1 aromatic carbocycles. The molecular weight excluding hydrogens is 348 g/mol. The van der Waals surface area contributed by atoms with E-state index in [1.807, 2.05) is 18.2 Å². The quantitative estimate of drug-likeness (QED) is 0.485. The molecule has 0 N–H and O–H groups in total. The van der Waals surface area contributed by atoms with Gasteiger partial charge in [0.15, 0.2) is 11.5 Å². The van der Waals surface area contributed by atoms with Crippen LogP contribution < -0.4 is 9.47 Å². The molecule has 0 spiro atoms. The van der Waals surface area contributed by atoms with Crippen LogP contribution in [0.15, 0.2) is 47.6 Å². The Kier molecular flexibility index (Phi) is 9.43. The SMILES string of the molecule is C/C=C(/C)C(=O)OC/C=C(/C)C(=O)OC/C=C/c1ccc(OC)c(OC)c1. The number of rotatable bonds is 9. The van der Waals surface area contributed by atoms with E-state index in [0.717, 1.165) is 5.56 Å². The van der Waals surface area contributed by atoms with Gasteiger partial charge in [-0.15, -0.1) is 0 Å². The van der Waals surface area contributed by atoms with Gasteiger partial charge in [0.2, 0.25) is 0 Å². The topological polar surface area (TPSA) is 71.1 Å². The van der Waals surface area contributed by atoms with Gasteiger partial charge in [-0.05, 0) is 50.6 Å². The Morgan fingerprint density at radius 2 is 1.56 bits per heavy atom. The van der Waals surface area contributed by atoms with Crippen molar-refractivity contribution >= 4 is 18.0 Å². The van der Waals surface area contributed by atoms with E-state index in [0.29, 0.717) is 22.6 Å². The van der Waals surface area contributed by atoms with Crippen molar-refractivity contribution in [1.82, 2.24) is 0 Å². The van der Waals surface area contributed by atoms with E-state index < -0.39 is 11.9 Å². The second kappa shape index (κ2) is 11.6. The fourth-order valence-corrected chi connectivity index (χ4v) is 1.94. The van der Waals surface area contributed by atoms with E-state index in [-0.39, 0.29) is 13.2 Å². The number of carbonyl (C=O) groups excluding carboxylic acids is 2. The Morgan fingerprint density at radius 3 is 2.19 bits per heavy atom. The maximum Gasteiger partial charge on any atom is 0.333 e. The normalized spacial score (nSPS) is 12.0. The fraction of sp³-hybridized carbons (Fsp3) is 0.333. The first kappa shape index (κ1) is 22.0. The maximum atomic E-state index is 11.9. The molecule has 0 heterocycles. The van der Waals surface area contributed by atoms with Crippen molar-refractivity contribution in [3.05, 3.63) is 53.1 Å². The van der Waals surface area contributed by atoms with Crippen LogP contribution in [-0.2, 0) is 19.1 Å². The summed E-state index contributed by atoms with van der Waals surface area (Å²) in [7, 11) is 3.14. The van der Waals surface area contributed by atoms with Crippen molar-refractivity contribution in [2.45, 2.75) is 20.8 Å². The smallest absolute Gasteiger partial charge is 0.333 e. The van der Waals surface area contributed by atoms with Gasteiger partial charge in [0.05, 0.1) is 14.2 Å². The average Bonchev–Trinajstić information content (AvgIpc) is 2.69. The van der Waals surface area contributed by atoms with Gasteiger partial charge in [-0.25, -0.2) is 9.59 Å². The summed E-state index contributed by atoms with van der Waals surface area (Å²) >= 11 is 0. The minimum atomic E-state index is -0.467. The number of methoxy groups -OCH3 is 2. The minimum Gasteiger partial charge on any atom is -0.493 e. The zero-order valence-electron chi connectivity index (χ0n) is 16.4. The molecule has 0 unspecified atom stereocenters. The van der Waals surface area contributed by atoms with Crippen molar-refractivity contribution < 1.29 is 28.5 Å². The highest BCUT2D eigenvalue weighted by molar-refractivity contribution is 5.89. The van der Waals surface area contributed by atoms with E-state index in [9.17, 15) is 9.59 Å². The predicted molar refractivity (Wildman–Crippen MR) is 104 cm³/mol. The third kappa shape index (κ3) is 7.40. The van der Waals surface area contributed by atoms with Gasteiger partial charge in [-0.1, -0.05) is 18.2 Å². The first-order valence-electron chi connectivity index (χ1n) is 8.45. The molecule has 1 aromatic rings. The Balaban J connectivity index is 2.48. The van der Waals surface area contributed by atoms with Crippen molar-refractivity contribution in [1.29, 1.82) is 0 Å². The summed E-state index contributed by atoms with van der Waals surface area (Å²) in [6, 6.07) is 5.49. The van der Waals surface area contributed by atoms with Gasteiger partial charge in [0.25, 0.3) is 0 Å². The lowest BCUT2D eigenvalue weighted by Crippen LogP contribution is -2.09. The highest BCUT2D eigenvalue weighted by Crippen LogP contribution is 2.27. The number of esters is 2. The standard InChI is InChI=1S/C21H26O6/c1-6-15(2)20(22)27-13-11-16(3)21(23)26-12-7-8-17-9-10-18(24-4)19(14-17)25-5/h6-11,14H,12-13H2,1-5H3/b8-7+,15-6-,16-11-. The number of hydrogen-bond acceptors (Lipinski definition) is 6. The van der Waals surface area contributed by atoms with Gasteiger partial charge < -0.3 is 18.9 Å². The third-order valence-electron chi connectivity index (χ3n) is 3.71. The van der Waals surface area contributed by atoms with Crippen molar-refractivity contribution in [3.63, 3.8) is 0 Å². The molecule has 0 radical (unpaired) electrons. The first-order chi connectivity index (χ1) is 12.9. The number of allylic oxidation sites excluding steroid dienone is 1. The molecule has 0 bridgehead atoms. The Bertz CT molecular complexity index is 743. The van der Waals surface area contributed by atoms with E-state index in [4.69, 9.17) is 18.9 Å². The van der Waals surface area contributed by atoms with E-state index >= 15 is 0 Å². The van der Waals surface area contributed by atoms with Crippen LogP contribution in [0.2, 0.25) is 0 Å². The van der Waals surface area contributed by atoms with Crippen LogP contribution in [0.3, 0.4) is 0 Å². The van der Waals surface area contributed by atoms with Crippen molar-refractivity contribution in [2.75, 3.05) is 27.4 Å². The molecule has 27 heavy (non-hydrogen) atoms. The maximum absolute atomic E-state index is 11.9. The number of carbonyl (C=O) groups is 2. The Labute approximate surface area is 160 Å². The first-order valence-corrected chi connectivity index (χ1v) is 8.45. The van der Waals surface area contributed by atoms with Crippen LogP contribution in [0, 0.1) is 0 Å². The molecule has 0 fully saturated rings.